The van der Waals surface area contributed by atoms with Crippen LogP contribution in [-0.2, 0) is 6.42 Å². The molecule has 4 nitrogen and oxygen atoms in total. The minimum absolute atomic E-state index is 0.0753. The topological polar surface area (TPSA) is 63.8 Å². The second-order valence-corrected chi connectivity index (χ2v) is 6.15. The summed E-state index contributed by atoms with van der Waals surface area (Å²) in [5.41, 5.74) is 9.08. The number of benzene rings is 1. The predicted molar refractivity (Wildman–Crippen MR) is 86.6 cm³/mol. The largest absolute Gasteiger partial charge is 0.368 e. The number of fused-ring (bicyclic) bond motifs is 1. The zero-order chi connectivity index (χ0) is 15.1. The SMILES string of the molecule is Cc1nc(N)nc2c1C(=S)NC(c1ccc(F)cc1Br)C2. The van der Waals surface area contributed by atoms with Gasteiger partial charge in [-0.25, -0.2) is 14.4 Å². The third kappa shape index (κ3) is 2.63. The molecule has 21 heavy (non-hydrogen) atoms. The first-order chi connectivity index (χ1) is 9.95. The lowest BCUT2D eigenvalue weighted by Crippen LogP contribution is -2.36. The first-order valence-corrected chi connectivity index (χ1v) is 7.54. The molecular weight excluding hydrogens is 355 g/mol. The summed E-state index contributed by atoms with van der Waals surface area (Å²) in [6, 6.07) is 4.53. The zero-order valence-corrected chi connectivity index (χ0v) is 13.6. The Morgan fingerprint density at radius 3 is 2.90 bits per heavy atom. The standard InChI is InChI=1S/C14H12BrFN4S/c1-6-12-11(20-14(17)18-6)5-10(19-13(12)21)8-3-2-7(16)4-9(8)15/h2-4,10H,5H2,1H3,(H,19,21)(H2,17,18,20). The Kier molecular flexibility index (Phi) is 3.62. The van der Waals surface area contributed by atoms with Crippen molar-refractivity contribution in [3.05, 3.63) is 51.0 Å². The molecule has 1 atom stereocenters. The molecule has 1 unspecified atom stereocenters. The van der Waals surface area contributed by atoms with Crippen LogP contribution in [0.2, 0.25) is 0 Å². The number of nitrogens with one attached hydrogen (secondary N) is 1. The fourth-order valence-corrected chi connectivity index (χ4v) is 3.58. The molecule has 1 aromatic carbocycles. The highest BCUT2D eigenvalue weighted by molar-refractivity contribution is 9.10. The van der Waals surface area contributed by atoms with Crippen LogP contribution in [0.3, 0.4) is 0 Å². The van der Waals surface area contributed by atoms with E-state index < -0.39 is 0 Å². The van der Waals surface area contributed by atoms with Gasteiger partial charge >= 0.3 is 0 Å². The van der Waals surface area contributed by atoms with Crippen LogP contribution in [0.4, 0.5) is 10.3 Å². The summed E-state index contributed by atoms with van der Waals surface area (Å²) in [7, 11) is 0. The predicted octanol–water partition coefficient (Wildman–Crippen LogP) is 2.83. The van der Waals surface area contributed by atoms with E-state index in [2.05, 4.69) is 31.2 Å². The average molecular weight is 367 g/mol. The van der Waals surface area contributed by atoms with Crippen LogP contribution in [-0.4, -0.2) is 15.0 Å². The van der Waals surface area contributed by atoms with Gasteiger partial charge in [0, 0.05) is 10.9 Å². The number of anilines is 1. The molecule has 0 radical (unpaired) electrons. The van der Waals surface area contributed by atoms with E-state index in [1.54, 1.807) is 6.07 Å². The molecule has 2 heterocycles. The van der Waals surface area contributed by atoms with Gasteiger partial charge in [0.1, 0.15) is 10.8 Å². The minimum atomic E-state index is -0.285. The Labute approximate surface area is 135 Å². The molecule has 3 rings (SSSR count). The second-order valence-electron chi connectivity index (χ2n) is 4.88. The number of aromatic nitrogens is 2. The molecule has 0 saturated heterocycles. The Morgan fingerprint density at radius 2 is 2.19 bits per heavy atom. The molecule has 7 heteroatoms. The van der Waals surface area contributed by atoms with Crippen molar-refractivity contribution in [1.29, 1.82) is 0 Å². The van der Waals surface area contributed by atoms with E-state index >= 15 is 0 Å². The number of nitrogen functional groups attached to an aromatic ring is 1. The van der Waals surface area contributed by atoms with Gasteiger partial charge in [-0.1, -0.05) is 34.2 Å². The minimum Gasteiger partial charge on any atom is -0.368 e. The van der Waals surface area contributed by atoms with E-state index in [1.807, 2.05) is 6.92 Å². The summed E-state index contributed by atoms with van der Waals surface area (Å²) in [6.45, 7) is 1.86. The van der Waals surface area contributed by atoms with Crippen LogP contribution < -0.4 is 11.1 Å². The van der Waals surface area contributed by atoms with Crippen molar-refractivity contribution in [1.82, 2.24) is 15.3 Å². The van der Waals surface area contributed by atoms with Crippen molar-refractivity contribution in [2.75, 3.05) is 5.73 Å². The van der Waals surface area contributed by atoms with E-state index in [1.165, 1.54) is 12.1 Å². The molecule has 3 N–H and O–H groups in total. The average Bonchev–Trinajstić information content (AvgIpc) is 2.36. The summed E-state index contributed by atoms with van der Waals surface area (Å²) in [4.78, 5) is 9.03. The van der Waals surface area contributed by atoms with E-state index in [-0.39, 0.29) is 17.8 Å². The number of nitrogens with zero attached hydrogens (tertiary/aromatic N) is 2. The monoisotopic (exact) mass is 366 g/mol. The highest BCUT2D eigenvalue weighted by atomic mass is 79.9. The molecule has 1 aliphatic heterocycles. The smallest absolute Gasteiger partial charge is 0.220 e. The molecule has 0 aliphatic carbocycles. The lowest BCUT2D eigenvalue weighted by atomic mass is 9.94. The van der Waals surface area contributed by atoms with Gasteiger partial charge in [-0.2, -0.15) is 0 Å². The number of rotatable bonds is 1. The molecule has 0 saturated carbocycles. The summed E-state index contributed by atoms with van der Waals surface area (Å²) in [5, 5.41) is 3.27. The number of hydrogen-bond acceptors (Lipinski definition) is 4. The molecule has 1 aliphatic rings. The lowest BCUT2D eigenvalue weighted by molar-refractivity contribution is 0.603. The maximum Gasteiger partial charge on any atom is 0.220 e. The highest BCUT2D eigenvalue weighted by Crippen LogP contribution is 2.31. The van der Waals surface area contributed by atoms with Crippen LogP contribution in [0, 0.1) is 12.7 Å². The van der Waals surface area contributed by atoms with Crippen molar-refractivity contribution in [2.24, 2.45) is 0 Å². The maximum absolute atomic E-state index is 13.2. The number of aryl methyl sites for hydroxylation is 1. The highest BCUT2D eigenvalue weighted by Gasteiger charge is 2.27. The summed E-state index contributed by atoms with van der Waals surface area (Å²) >= 11 is 8.81. The quantitative estimate of drug-likeness (QED) is 0.759. The van der Waals surface area contributed by atoms with Crippen LogP contribution >= 0.6 is 28.1 Å². The zero-order valence-electron chi connectivity index (χ0n) is 11.2. The fourth-order valence-electron chi connectivity index (χ4n) is 2.55. The molecule has 0 fully saturated rings. The molecule has 0 spiro atoms. The van der Waals surface area contributed by atoms with E-state index in [9.17, 15) is 4.39 Å². The third-order valence-corrected chi connectivity index (χ3v) is 4.46. The number of thiocarbonyl (C=S) groups is 1. The third-order valence-electron chi connectivity index (χ3n) is 3.45. The van der Waals surface area contributed by atoms with E-state index in [0.717, 1.165) is 22.5 Å². The van der Waals surface area contributed by atoms with Crippen LogP contribution in [0.25, 0.3) is 0 Å². The van der Waals surface area contributed by atoms with Crippen LogP contribution in [0.15, 0.2) is 22.7 Å². The van der Waals surface area contributed by atoms with Gasteiger partial charge < -0.3 is 11.1 Å². The van der Waals surface area contributed by atoms with Gasteiger partial charge in [0.05, 0.1) is 23.0 Å². The first kappa shape index (κ1) is 14.3. The number of nitrogens with two attached hydrogens (primary N) is 1. The molecule has 1 aromatic heterocycles. The van der Waals surface area contributed by atoms with Gasteiger partial charge in [0.15, 0.2) is 0 Å². The Bertz CT molecular complexity index is 750. The van der Waals surface area contributed by atoms with E-state index in [4.69, 9.17) is 18.0 Å². The fraction of sp³-hybridized carbons (Fsp3) is 0.214. The molecule has 0 amide bonds. The van der Waals surface area contributed by atoms with Gasteiger partial charge in [-0.3, -0.25) is 0 Å². The maximum atomic E-state index is 13.2. The summed E-state index contributed by atoms with van der Waals surface area (Å²) in [6.07, 6.45) is 0.618. The summed E-state index contributed by atoms with van der Waals surface area (Å²) < 4.78 is 13.9. The van der Waals surface area contributed by atoms with E-state index in [0.29, 0.717) is 15.9 Å². The Hall–Kier alpha value is -1.60. The first-order valence-electron chi connectivity index (χ1n) is 6.34. The van der Waals surface area contributed by atoms with Crippen molar-refractivity contribution < 1.29 is 4.39 Å². The molecular formula is C14H12BrFN4S. The molecule has 0 bridgehead atoms. The summed E-state index contributed by atoms with van der Waals surface area (Å²) in [5.74, 6) is -0.0419. The van der Waals surface area contributed by atoms with Crippen molar-refractivity contribution in [3.63, 3.8) is 0 Å². The second kappa shape index (κ2) is 5.31. The van der Waals surface area contributed by atoms with Crippen LogP contribution in [0.1, 0.15) is 28.6 Å². The van der Waals surface area contributed by atoms with Gasteiger partial charge in [0.2, 0.25) is 5.95 Å². The van der Waals surface area contributed by atoms with Crippen molar-refractivity contribution >= 4 is 39.1 Å². The Balaban J connectivity index is 2.04. The van der Waals surface area contributed by atoms with Gasteiger partial charge in [-0.05, 0) is 24.6 Å². The van der Waals surface area contributed by atoms with Crippen molar-refractivity contribution in [3.8, 4) is 0 Å². The van der Waals surface area contributed by atoms with Crippen molar-refractivity contribution in [2.45, 2.75) is 19.4 Å². The number of hydrogen-bond donors (Lipinski definition) is 2. The van der Waals surface area contributed by atoms with Crippen LogP contribution in [0.5, 0.6) is 0 Å². The van der Waals surface area contributed by atoms with Gasteiger partial charge in [0.25, 0.3) is 0 Å². The number of halogens is 2. The van der Waals surface area contributed by atoms with Gasteiger partial charge in [-0.15, -0.1) is 0 Å². The lowest BCUT2D eigenvalue weighted by Gasteiger charge is -2.28. The Morgan fingerprint density at radius 1 is 1.43 bits per heavy atom. The molecule has 2 aromatic rings. The normalized spacial score (nSPS) is 17.3. The molecule has 108 valence electrons.